The van der Waals surface area contributed by atoms with Crippen molar-refractivity contribution in [1.82, 2.24) is 20.4 Å². The molecule has 0 amide bonds. The summed E-state index contributed by atoms with van der Waals surface area (Å²) in [6.45, 7) is 3.17. The second kappa shape index (κ2) is 5.66. The second-order valence-corrected chi connectivity index (χ2v) is 5.12. The number of rotatable bonds is 3. The highest BCUT2D eigenvalue weighted by molar-refractivity contribution is 5.47. The van der Waals surface area contributed by atoms with E-state index in [1.165, 1.54) is 18.9 Å². The summed E-state index contributed by atoms with van der Waals surface area (Å²) in [5.41, 5.74) is 0.518. The molecular weight excluding hydrogens is 259 g/mol. The molecule has 1 saturated heterocycles. The molecular formula is C14H17FN4O. The number of aromatic nitrogens is 3. The molecule has 1 aliphatic heterocycles. The van der Waals surface area contributed by atoms with Gasteiger partial charge in [-0.25, -0.2) is 9.37 Å². The van der Waals surface area contributed by atoms with Crippen LogP contribution in [0, 0.1) is 11.7 Å². The first-order chi connectivity index (χ1) is 9.76. The molecule has 0 aromatic carbocycles. The van der Waals surface area contributed by atoms with Gasteiger partial charge in [-0.15, -0.1) is 0 Å². The van der Waals surface area contributed by atoms with Crippen molar-refractivity contribution >= 4 is 0 Å². The SMILES string of the molecule is CCC1CCNC(c2nc(-c3ccc(F)cn3)no2)C1. The molecule has 2 aromatic rings. The predicted octanol–water partition coefficient (Wildman–Crippen LogP) is 2.72. The molecule has 2 unspecified atom stereocenters. The summed E-state index contributed by atoms with van der Waals surface area (Å²) in [7, 11) is 0. The van der Waals surface area contributed by atoms with E-state index in [-0.39, 0.29) is 11.9 Å². The standard InChI is InChI=1S/C14H17FN4O/c1-2-9-5-6-16-12(7-9)14-18-13(19-20-14)11-4-3-10(15)8-17-11/h3-4,8-9,12,16H,2,5-7H2,1H3. The van der Waals surface area contributed by atoms with Crippen molar-refractivity contribution in [2.24, 2.45) is 5.92 Å². The fraction of sp³-hybridized carbons (Fsp3) is 0.500. The number of hydrogen-bond acceptors (Lipinski definition) is 5. The molecule has 2 aromatic heterocycles. The van der Waals surface area contributed by atoms with Gasteiger partial charge in [-0.2, -0.15) is 4.98 Å². The van der Waals surface area contributed by atoms with Crippen molar-refractivity contribution < 1.29 is 8.91 Å². The summed E-state index contributed by atoms with van der Waals surface area (Å²) < 4.78 is 18.2. The second-order valence-electron chi connectivity index (χ2n) is 5.12. The molecule has 1 fully saturated rings. The minimum absolute atomic E-state index is 0.107. The summed E-state index contributed by atoms with van der Waals surface area (Å²) in [4.78, 5) is 8.34. The van der Waals surface area contributed by atoms with Crippen molar-refractivity contribution in [1.29, 1.82) is 0 Å². The van der Waals surface area contributed by atoms with Gasteiger partial charge in [-0.1, -0.05) is 18.5 Å². The number of pyridine rings is 1. The van der Waals surface area contributed by atoms with Crippen LogP contribution in [0.15, 0.2) is 22.9 Å². The molecule has 3 heterocycles. The summed E-state index contributed by atoms with van der Waals surface area (Å²) in [6.07, 6.45) is 4.51. The molecule has 2 atom stereocenters. The average Bonchev–Trinajstić information content (AvgIpc) is 2.98. The minimum Gasteiger partial charge on any atom is -0.337 e. The van der Waals surface area contributed by atoms with Crippen molar-refractivity contribution in [3.63, 3.8) is 0 Å². The van der Waals surface area contributed by atoms with E-state index in [0.717, 1.165) is 19.2 Å². The van der Waals surface area contributed by atoms with Crippen molar-refractivity contribution in [3.8, 4) is 11.5 Å². The van der Waals surface area contributed by atoms with Gasteiger partial charge in [0.1, 0.15) is 11.5 Å². The number of piperidine rings is 1. The molecule has 0 spiro atoms. The topological polar surface area (TPSA) is 63.8 Å². The largest absolute Gasteiger partial charge is 0.337 e. The van der Waals surface area contributed by atoms with E-state index in [9.17, 15) is 4.39 Å². The fourth-order valence-corrected chi connectivity index (χ4v) is 2.54. The van der Waals surface area contributed by atoms with E-state index in [1.54, 1.807) is 6.07 Å². The summed E-state index contributed by atoms with van der Waals surface area (Å²) in [5, 5.41) is 7.33. The van der Waals surface area contributed by atoms with Crippen LogP contribution in [0.4, 0.5) is 4.39 Å². The van der Waals surface area contributed by atoms with Gasteiger partial charge in [0.25, 0.3) is 0 Å². The van der Waals surface area contributed by atoms with E-state index in [1.807, 2.05) is 0 Å². The highest BCUT2D eigenvalue weighted by Crippen LogP contribution is 2.28. The van der Waals surface area contributed by atoms with Crippen LogP contribution in [0.2, 0.25) is 0 Å². The van der Waals surface area contributed by atoms with Gasteiger partial charge in [0.15, 0.2) is 0 Å². The Morgan fingerprint density at radius 2 is 2.35 bits per heavy atom. The lowest BCUT2D eigenvalue weighted by atomic mass is 9.90. The third kappa shape index (κ3) is 2.70. The smallest absolute Gasteiger partial charge is 0.244 e. The zero-order chi connectivity index (χ0) is 13.9. The lowest BCUT2D eigenvalue weighted by Gasteiger charge is -2.27. The Bertz CT molecular complexity index is 569. The zero-order valence-electron chi connectivity index (χ0n) is 11.3. The number of halogens is 1. The normalized spacial score (nSPS) is 22.9. The van der Waals surface area contributed by atoms with Crippen LogP contribution < -0.4 is 5.32 Å². The van der Waals surface area contributed by atoms with Gasteiger partial charge in [0.05, 0.1) is 12.2 Å². The van der Waals surface area contributed by atoms with Crippen LogP contribution in [-0.4, -0.2) is 21.7 Å². The maximum Gasteiger partial charge on any atom is 0.244 e. The van der Waals surface area contributed by atoms with Gasteiger partial charge in [-0.05, 0) is 37.4 Å². The molecule has 5 nitrogen and oxygen atoms in total. The molecule has 3 rings (SSSR count). The molecule has 0 saturated carbocycles. The first-order valence-electron chi connectivity index (χ1n) is 6.95. The Morgan fingerprint density at radius 1 is 1.45 bits per heavy atom. The monoisotopic (exact) mass is 276 g/mol. The molecule has 6 heteroatoms. The van der Waals surface area contributed by atoms with Gasteiger partial charge < -0.3 is 9.84 Å². The summed E-state index contributed by atoms with van der Waals surface area (Å²) >= 11 is 0. The molecule has 0 aliphatic carbocycles. The van der Waals surface area contributed by atoms with Gasteiger partial charge in [0, 0.05) is 0 Å². The Balaban J connectivity index is 1.78. The summed E-state index contributed by atoms with van der Waals surface area (Å²) in [5.74, 6) is 1.31. The first-order valence-corrected chi connectivity index (χ1v) is 6.95. The van der Waals surface area contributed by atoms with Crippen LogP contribution in [0.25, 0.3) is 11.5 Å². The van der Waals surface area contributed by atoms with Gasteiger partial charge in [0.2, 0.25) is 11.7 Å². The third-order valence-electron chi connectivity index (χ3n) is 3.79. The minimum atomic E-state index is -0.378. The Hall–Kier alpha value is -1.82. The molecule has 1 aliphatic rings. The van der Waals surface area contributed by atoms with E-state index in [4.69, 9.17) is 4.52 Å². The number of nitrogens with zero attached hydrogens (tertiary/aromatic N) is 3. The Morgan fingerprint density at radius 3 is 3.10 bits per heavy atom. The van der Waals surface area contributed by atoms with Crippen molar-refractivity contribution in [2.75, 3.05) is 6.54 Å². The Labute approximate surface area is 116 Å². The van der Waals surface area contributed by atoms with E-state index in [0.29, 0.717) is 23.3 Å². The van der Waals surface area contributed by atoms with E-state index >= 15 is 0 Å². The quantitative estimate of drug-likeness (QED) is 0.933. The highest BCUT2D eigenvalue weighted by atomic mass is 19.1. The maximum absolute atomic E-state index is 12.8. The van der Waals surface area contributed by atoms with Crippen LogP contribution in [0.5, 0.6) is 0 Å². The first kappa shape index (κ1) is 13.2. The fourth-order valence-electron chi connectivity index (χ4n) is 2.54. The number of hydrogen-bond donors (Lipinski definition) is 1. The maximum atomic E-state index is 12.8. The lowest BCUT2D eigenvalue weighted by molar-refractivity contribution is 0.246. The molecule has 0 radical (unpaired) electrons. The zero-order valence-corrected chi connectivity index (χ0v) is 11.3. The molecule has 1 N–H and O–H groups in total. The third-order valence-corrected chi connectivity index (χ3v) is 3.79. The van der Waals surface area contributed by atoms with Gasteiger partial charge in [-0.3, -0.25) is 0 Å². The summed E-state index contributed by atoms with van der Waals surface area (Å²) in [6, 6.07) is 2.99. The van der Waals surface area contributed by atoms with E-state index < -0.39 is 0 Å². The predicted molar refractivity (Wildman–Crippen MR) is 71.2 cm³/mol. The van der Waals surface area contributed by atoms with Crippen LogP contribution in [-0.2, 0) is 0 Å². The number of nitrogens with one attached hydrogen (secondary N) is 1. The van der Waals surface area contributed by atoms with Crippen LogP contribution >= 0.6 is 0 Å². The van der Waals surface area contributed by atoms with E-state index in [2.05, 4.69) is 27.4 Å². The van der Waals surface area contributed by atoms with Crippen LogP contribution in [0.3, 0.4) is 0 Å². The van der Waals surface area contributed by atoms with Crippen LogP contribution in [0.1, 0.15) is 38.1 Å². The Kier molecular flexibility index (Phi) is 3.73. The van der Waals surface area contributed by atoms with Crippen molar-refractivity contribution in [3.05, 3.63) is 30.0 Å². The van der Waals surface area contributed by atoms with Crippen molar-refractivity contribution in [2.45, 2.75) is 32.2 Å². The average molecular weight is 276 g/mol. The lowest BCUT2D eigenvalue weighted by Crippen LogP contribution is -2.31. The molecule has 0 bridgehead atoms. The van der Waals surface area contributed by atoms with Gasteiger partial charge >= 0.3 is 0 Å². The highest BCUT2D eigenvalue weighted by Gasteiger charge is 2.26. The molecule has 106 valence electrons. The molecule has 20 heavy (non-hydrogen) atoms.